The zero-order valence-corrected chi connectivity index (χ0v) is 9.12. The van der Waals surface area contributed by atoms with Gasteiger partial charge in [0.25, 0.3) is 0 Å². The summed E-state index contributed by atoms with van der Waals surface area (Å²) in [4.78, 5) is 22.4. The topological polar surface area (TPSA) is 78.4 Å². The maximum absolute atomic E-state index is 11.7. The van der Waals surface area contributed by atoms with E-state index in [9.17, 15) is 9.59 Å². The average molecular weight is 214 g/mol. The summed E-state index contributed by atoms with van der Waals surface area (Å²) in [7, 11) is 0. The Morgan fingerprint density at radius 2 is 2.27 bits per heavy atom. The summed E-state index contributed by atoms with van der Waals surface area (Å²) in [5.74, 6) is -0.901. The number of rotatable bonds is 4. The lowest BCUT2D eigenvalue weighted by molar-refractivity contribution is -0.142. The minimum atomic E-state index is -0.975. The molecule has 0 aromatic rings. The molecule has 1 fully saturated rings. The van der Waals surface area contributed by atoms with Gasteiger partial charge in [-0.3, -0.25) is 4.79 Å². The van der Waals surface area contributed by atoms with Crippen LogP contribution in [0, 0.1) is 5.92 Å². The van der Waals surface area contributed by atoms with Gasteiger partial charge >= 0.3 is 5.97 Å². The third kappa shape index (κ3) is 2.92. The Morgan fingerprint density at radius 3 is 2.67 bits per heavy atom. The van der Waals surface area contributed by atoms with Crippen molar-refractivity contribution in [3.05, 3.63) is 0 Å². The first-order valence-corrected chi connectivity index (χ1v) is 5.32. The van der Waals surface area contributed by atoms with E-state index in [0.717, 1.165) is 13.0 Å². The number of amides is 1. The lowest BCUT2D eigenvalue weighted by Crippen LogP contribution is -2.49. The summed E-state index contributed by atoms with van der Waals surface area (Å²) < 4.78 is 0. The molecule has 1 aliphatic rings. The molecular weight excluding hydrogens is 196 g/mol. The molecule has 0 aromatic heterocycles. The molecule has 1 heterocycles. The zero-order valence-electron chi connectivity index (χ0n) is 9.12. The number of carboxylic acids is 1. The predicted molar refractivity (Wildman–Crippen MR) is 55.4 cm³/mol. The van der Waals surface area contributed by atoms with Crippen LogP contribution in [-0.4, -0.2) is 35.6 Å². The monoisotopic (exact) mass is 214 g/mol. The molecule has 0 aromatic carbocycles. The van der Waals surface area contributed by atoms with Crippen LogP contribution in [0.4, 0.5) is 0 Å². The molecule has 5 nitrogen and oxygen atoms in total. The van der Waals surface area contributed by atoms with Gasteiger partial charge in [0.2, 0.25) is 5.91 Å². The minimum absolute atomic E-state index is 0.200. The van der Waals surface area contributed by atoms with Crippen LogP contribution in [0.15, 0.2) is 0 Å². The SMILES string of the molecule is CCC(NC(=O)C1NCCC1C)C(=O)O. The van der Waals surface area contributed by atoms with Crippen LogP contribution >= 0.6 is 0 Å². The van der Waals surface area contributed by atoms with Crippen molar-refractivity contribution >= 4 is 11.9 Å². The average Bonchev–Trinajstić information content (AvgIpc) is 2.60. The molecule has 3 atom stereocenters. The van der Waals surface area contributed by atoms with Crippen molar-refractivity contribution < 1.29 is 14.7 Å². The number of hydrogen-bond acceptors (Lipinski definition) is 3. The molecule has 0 saturated carbocycles. The normalized spacial score (nSPS) is 27.3. The fourth-order valence-corrected chi connectivity index (χ4v) is 1.79. The second-order valence-corrected chi connectivity index (χ2v) is 4.01. The molecule has 1 saturated heterocycles. The standard InChI is InChI=1S/C10H18N2O3/c1-3-7(10(14)15)12-9(13)8-6(2)4-5-11-8/h6-8,11H,3-5H2,1-2H3,(H,12,13)(H,14,15). The first-order chi connectivity index (χ1) is 7.06. The quantitative estimate of drug-likeness (QED) is 0.614. The molecule has 1 rings (SSSR count). The van der Waals surface area contributed by atoms with Crippen LogP contribution in [0.5, 0.6) is 0 Å². The highest BCUT2D eigenvalue weighted by atomic mass is 16.4. The number of hydrogen-bond donors (Lipinski definition) is 3. The molecule has 0 radical (unpaired) electrons. The first-order valence-electron chi connectivity index (χ1n) is 5.32. The molecule has 86 valence electrons. The van der Waals surface area contributed by atoms with Gasteiger partial charge in [-0.25, -0.2) is 4.79 Å². The Hall–Kier alpha value is -1.10. The van der Waals surface area contributed by atoms with Crippen molar-refractivity contribution in [1.29, 1.82) is 0 Å². The Morgan fingerprint density at radius 1 is 1.60 bits per heavy atom. The summed E-state index contributed by atoms with van der Waals surface area (Å²) in [5, 5.41) is 14.4. The van der Waals surface area contributed by atoms with E-state index in [4.69, 9.17) is 5.11 Å². The third-order valence-corrected chi connectivity index (χ3v) is 2.84. The first kappa shape index (κ1) is 12.0. The molecule has 3 N–H and O–H groups in total. The van der Waals surface area contributed by atoms with Gasteiger partial charge < -0.3 is 15.7 Å². The van der Waals surface area contributed by atoms with Crippen LogP contribution in [0.3, 0.4) is 0 Å². The lowest BCUT2D eigenvalue weighted by Gasteiger charge is -2.18. The fourth-order valence-electron chi connectivity index (χ4n) is 1.79. The van der Waals surface area contributed by atoms with Gasteiger partial charge in [-0.15, -0.1) is 0 Å². The van der Waals surface area contributed by atoms with Crippen LogP contribution < -0.4 is 10.6 Å². The van der Waals surface area contributed by atoms with Crippen molar-refractivity contribution in [2.75, 3.05) is 6.54 Å². The van der Waals surface area contributed by atoms with Gasteiger partial charge in [0, 0.05) is 0 Å². The van der Waals surface area contributed by atoms with Gasteiger partial charge in [-0.2, -0.15) is 0 Å². The highest BCUT2D eigenvalue weighted by Gasteiger charge is 2.31. The Bertz CT molecular complexity index is 255. The van der Waals surface area contributed by atoms with E-state index in [1.165, 1.54) is 0 Å². The van der Waals surface area contributed by atoms with Crippen molar-refractivity contribution in [2.45, 2.75) is 38.8 Å². The predicted octanol–water partition coefficient (Wildman–Crippen LogP) is -0.0362. The Balaban J connectivity index is 2.50. The van der Waals surface area contributed by atoms with Gasteiger partial charge in [0.1, 0.15) is 6.04 Å². The maximum atomic E-state index is 11.7. The summed E-state index contributed by atoms with van der Waals surface area (Å²) in [6.07, 6.45) is 1.37. The molecule has 3 unspecified atom stereocenters. The second kappa shape index (κ2) is 5.11. The molecule has 15 heavy (non-hydrogen) atoms. The van der Waals surface area contributed by atoms with Crippen molar-refractivity contribution in [1.82, 2.24) is 10.6 Å². The van der Waals surface area contributed by atoms with E-state index < -0.39 is 12.0 Å². The van der Waals surface area contributed by atoms with E-state index >= 15 is 0 Å². The van der Waals surface area contributed by atoms with Gasteiger partial charge in [-0.05, 0) is 25.3 Å². The number of carbonyl (C=O) groups excluding carboxylic acids is 1. The molecule has 0 aliphatic carbocycles. The maximum Gasteiger partial charge on any atom is 0.326 e. The number of carboxylic acid groups (broad SMARTS) is 1. The lowest BCUT2D eigenvalue weighted by atomic mass is 10.0. The molecule has 1 amide bonds. The van der Waals surface area contributed by atoms with Crippen LogP contribution in [0.1, 0.15) is 26.7 Å². The Labute approximate surface area is 89.2 Å². The van der Waals surface area contributed by atoms with Crippen LogP contribution in [0.25, 0.3) is 0 Å². The summed E-state index contributed by atoms with van der Waals surface area (Å²) >= 11 is 0. The number of carbonyl (C=O) groups is 2. The highest BCUT2D eigenvalue weighted by molar-refractivity contribution is 5.87. The smallest absolute Gasteiger partial charge is 0.326 e. The second-order valence-electron chi connectivity index (χ2n) is 4.01. The van der Waals surface area contributed by atoms with E-state index in [0.29, 0.717) is 6.42 Å². The van der Waals surface area contributed by atoms with Crippen molar-refractivity contribution in [2.24, 2.45) is 5.92 Å². The molecule has 1 aliphatic heterocycles. The van der Waals surface area contributed by atoms with Gasteiger partial charge in [0.05, 0.1) is 6.04 Å². The fraction of sp³-hybridized carbons (Fsp3) is 0.800. The minimum Gasteiger partial charge on any atom is -0.480 e. The van der Waals surface area contributed by atoms with Gasteiger partial charge in [-0.1, -0.05) is 13.8 Å². The molecule has 0 bridgehead atoms. The van der Waals surface area contributed by atoms with E-state index in [1.54, 1.807) is 6.92 Å². The Kier molecular flexibility index (Phi) is 4.08. The van der Waals surface area contributed by atoms with Crippen molar-refractivity contribution in [3.63, 3.8) is 0 Å². The van der Waals surface area contributed by atoms with Gasteiger partial charge in [0.15, 0.2) is 0 Å². The molecular formula is C10H18N2O3. The summed E-state index contributed by atoms with van der Waals surface area (Å²) in [6, 6.07) is -1.01. The molecule has 5 heteroatoms. The third-order valence-electron chi connectivity index (χ3n) is 2.84. The summed E-state index contributed by atoms with van der Waals surface area (Å²) in [5.41, 5.74) is 0. The highest BCUT2D eigenvalue weighted by Crippen LogP contribution is 2.14. The van der Waals surface area contributed by atoms with E-state index in [-0.39, 0.29) is 17.9 Å². The van der Waals surface area contributed by atoms with Crippen LogP contribution in [-0.2, 0) is 9.59 Å². The number of aliphatic carboxylic acids is 1. The molecule has 0 spiro atoms. The van der Waals surface area contributed by atoms with Crippen molar-refractivity contribution in [3.8, 4) is 0 Å². The zero-order chi connectivity index (χ0) is 11.4. The summed E-state index contributed by atoms with van der Waals surface area (Å²) in [6.45, 7) is 4.56. The number of nitrogens with one attached hydrogen (secondary N) is 2. The van der Waals surface area contributed by atoms with Crippen LogP contribution in [0.2, 0.25) is 0 Å². The van der Waals surface area contributed by atoms with E-state index in [1.807, 2.05) is 6.92 Å². The van der Waals surface area contributed by atoms with E-state index in [2.05, 4.69) is 10.6 Å². The largest absolute Gasteiger partial charge is 0.480 e.